The minimum Gasteiger partial charge on any atom is -0.461 e. The Bertz CT molecular complexity index is 420. The van der Waals surface area contributed by atoms with Gasteiger partial charge in [0.2, 0.25) is 0 Å². The largest absolute Gasteiger partial charge is 0.461 e. The maximum atomic E-state index is 11.6. The van der Waals surface area contributed by atoms with E-state index in [4.69, 9.17) is 9.47 Å². The van der Waals surface area contributed by atoms with E-state index < -0.39 is 12.1 Å². The molecule has 0 radical (unpaired) electrons. The van der Waals surface area contributed by atoms with Crippen molar-refractivity contribution in [1.82, 2.24) is 15.0 Å². The number of ether oxygens (including phenoxy) is 2. The molecule has 0 aliphatic rings. The third-order valence-corrected chi connectivity index (χ3v) is 2.79. The van der Waals surface area contributed by atoms with E-state index in [0.29, 0.717) is 18.9 Å². The van der Waals surface area contributed by atoms with Crippen LogP contribution in [0.2, 0.25) is 0 Å². The quantitative estimate of drug-likeness (QED) is 0.537. The first-order valence-electron chi connectivity index (χ1n) is 6.93. The molecule has 0 aliphatic heterocycles. The van der Waals surface area contributed by atoms with Gasteiger partial charge in [-0.05, 0) is 20.3 Å². The van der Waals surface area contributed by atoms with E-state index in [9.17, 15) is 9.90 Å². The maximum absolute atomic E-state index is 11.6. The van der Waals surface area contributed by atoms with Gasteiger partial charge in [0.1, 0.15) is 0 Å². The van der Waals surface area contributed by atoms with Crippen LogP contribution in [0, 0.1) is 6.92 Å². The number of esters is 1. The fraction of sp³-hybridized carbons (Fsp3) is 0.769. The summed E-state index contributed by atoms with van der Waals surface area (Å²) in [5, 5.41) is 17.5. The highest BCUT2D eigenvalue weighted by Gasteiger charge is 2.18. The van der Waals surface area contributed by atoms with Crippen LogP contribution in [-0.4, -0.2) is 52.0 Å². The molecule has 0 aromatic carbocycles. The molecule has 1 heterocycles. The molecule has 1 rings (SSSR count). The van der Waals surface area contributed by atoms with Crippen LogP contribution >= 0.6 is 0 Å². The number of aliphatic hydroxyl groups is 1. The molecule has 0 spiro atoms. The fourth-order valence-corrected chi connectivity index (χ4v) is 1.64. The normalized spacial score (nSPS) is 12.4. The number of aromatic nitrogens is 3. The van der Waals surface area contributed by atoms with E-state index in [-0.39, 0.29) is 18.8 Å². The van der Waals surface area contributed by atoms with Gasteiger partial charge in [0.25, 0.3) is 0 Å². The Labute approximate surface area is 118 Å². The van der Waals surface area contributed by atoms with E-state index >= 15 is 0 Å². The lowest BCUT2D eigenvalue weighted by Gasteiger charge is -2.11. The van der Waals surface area contributed by atoms with Gasteiger partial charge in [-0.25, -0.2) is 9.48 Å². The molecule has 0 saturated carbocycles. The van der Waals surface area contributed by atoms with E-state index in [1.807, 2.05) is 0 Å². The fourth-order valence-electron chi connectivity index (χ4n) is 1.64. The van der Waals surface area contributed by atoms with Crippen LogP contribution < -0.4 is 0 Å². The molecule has 1 N–H and O–H groups in total. The van der Waals surface area contributed by atoms with Crippen LogP contribution in [0.3, 0.4) is 0 Å². The van der Waals surface area contributed by atoms with Gasteiger partial charge in [0, 0.05) is 6.61 Å². The Morgan fingerprint density at radius 2 is 2.20 bits per heavy atom. The zero-order valence-corrected chi connectivity index (χ0v) is 12.3. The van der Waals surface area contributed by atoms with Crippen LogP contribution in [-0.2, 0) is 16.0 Å². The van der Waals surface area contributed by atoms with Crippen LogP contribution in [0.4, 0.5) is 0 Å². The van der Waals surface area contributed by atoms with Gasteiger partial charge < -0.3 is 14.6 Å². The summed E-state index contributed by atoms with van der Waals surface area (Å²) in [6, 6.07) is 0. The predicted molar refractivity (Wildman–Crippen MR) is 72.4 cm³/mol. The Morgan fingerprint density at radius 3 is 2.85 bits per heavy atom. The minimum absolute atomic E-state index is 0.186. The molecule has 0 fully saturated rings. The molecular weight excluding hydrogens is 262 g/mol. The second-order valence-corrected chi connectivity index (χ2v) is 4.51. The smallest absolute Gasteiger partial charge is 0.360 e. The molecule has 7 nitrogen and oxygen atoms in total. The van der Waals surface area contributed by atoms with Crippen molar-refractivity contribution in [3.05, 3.63) is 11.4 Å². The summed E-state index contributed by atoms with van der Waals surface area (Å²) in [7, 11) is 0. The van der Waals surface area contributed by atoms with Crippen molar-refractivity contribution in [2.75, 3.05) is 19.8 Å². The lowest BCUT2D eigenvalue weighted by atomic mass is 10.3. The number of carbonyl (C=O) groups excluding carboxylic acids is 1. The Morgan fingerprint density at radius 1 is 1.45 bits per heavy atom. The van der Waals surface area contributed by atoms with E-state index in [1.165, 1.54) is 4.68 Å². The van der Waals surface area contributed by atoms with Crippen LogP contribution in [0.25, 0.3) is 0 Å². The number of aliphatic hydroxyl groups excluding tert-OH is 1. The molecule has 0 bridgehead atoms. The van der Waals surface area contributed by atoms with E-state index in [1.54, 1.807) is 13.8 Å². The molecule has 0 amide bonds. The van der Waals surface area contributed by atoms with Gasteiger partial charge in [0.15, 0.2) is 5.69 Å². The molecule has 1 aromatic heterocycles. The topological polar surface area (TPSA) is 86.5 Å². The van der Waals surface area contributed by atoms with Crippen LogP contribution in [0.5, 0.6) is 0 Å². The van der Waals surface area contributed by atoms with Gasteiger partial charge in [-0.2, -0.15) is 0 Å². The minimum atomic E-state index is -0.678. The number of rotatable bonds is 9. The molecule has 1 atom stereocenters. The standard InChI is InChI=1S/C13H23N3O4/c1-4-6-7-19-9-11(17)8-16-10(3)12(14-15-16)13(18)20-5-2/h11,17H,4-9H2,1-3H3. The van der Waals surface area contributed by atoms with Crippen molar-refractivity contribution in [3.8, 4) is 0 Å². The lowest BCUT2D eigenvalue weighted by Crippen LogP contribution is -2.23. The molecule has 114 valence electrons. The van der Waals surface area contributed by atoms with Crippen LogP contribution in [0.15, 0.2) is 0 Å². The Hall–Kier alpha value is -1.47. The highest BCUT2D eigenvalue weighted by Crippen LogP contribution is 2.06. The van der Waals surface area contributed by atoms with E-state index in [0.717, 1.165) is 12.8 Å². The third kappa shape index (κ3) is 4.90. The number of hydrogen-bond acceptors (Lipinski definition) is 6. The predicted octanol–water partition coefficient (Wildman–Crippen LogP) is 0.941. The van der Waals surface area contributed by atoms with Crippen molar-refractivity contribution in [1.29, 1.82) is 0 Å². The number of carbonyl (C=O) groups is 1. The summed E-state index contributed by atoms with van der Waals surface area (Å²) in [6.07, 6.45) is 1.35. The van der Waals surface area contributed by atoms with Crippen LogP contribution in [0.1, 0.15) is 42.9 Å². The molecular formula is C13H23N3O4. The molecule has 1 unspecified atom stereocenters. The summed E-state index contributed by atoms with van der Waals surface area (Å²) < 4.78 is 11.7. The molecule has 1 aromatic rings. The summed E-state index contributed by atoms with van der Waals surface area (Å²) in [5.74, 6) is -0.495. The number of unbranched alkanes of at least 4 members (excludes halogenated alkanes) is 1. The molecule has 20 heavy (non-hydrogen) atoms. The highest BCUT2D eigenvalue weighted by atomic mass is 16.5. The zero-order valence-electron chi connectivity index (χ0n) is 12.3. The van der Waals surface area contributed by atoms with Crippen molar-refractivity contribution in [2.45, 2.75) is 46.3 Å². The molecule has 0 aliphatic carbocycles. The first-order chi connectivity index (χ1) is 9.60. The first kappa shape index (κ1) is 16.6. The van der Waals surface area contributed by atoms with Gasteiger partial charge >= 0.3 is 5.97 Å². The first-order valence-corrected chi connectivity index (χ1v) is 6.93. The highest BCUT2D eigenvalue weighted by molar-refractivity contribution is 5.88. The van der Waals surface area contributed by atoms with Gasteiger partial charge in [-0.1, -0.05) is 18.6 Å². The molecule has 7 heteroatoms. The van der Waals surface area contributed by atoms with Crippen molar-refractivity contribution >= 4 is 5.97 Å². The van der Waals surface area contributed by atoms with Crippen molar-refractivity contribution in [3.63, 3.8) is 0 Å². The summed E-state index contributed by atoms with van der Waals surface area (Å²) in [5.41, 5.74) is 0.766. The van der Waals surface area contributed by atoms with E-state index in [2.05, 4.69) is 17.2 Å². The lowest BCUT2D eigenvalue weighted by molar-refractivity contribution is 0.0248. The zero-order chi connectivity index (χ0) is 15.0. The SMILES string of the molecule is CCCCOCC(O)Cn1nnc(C(=O)OCC)c1C. The monoisotopic (exact) mass is 285 g/mol. The second-order valence-electron chi connectivity index (χ2n) is 4.51. The second kappa shape index (κ2) is 8.65. The summed E-state index contributed by atoms with van der Waals surface area (Å²) >= 11 is 0. The molecule has 0 saturated heterocycles. The summed E-state index contributed by atoms with van der Waals surface area (Å²) in [4.78, 5) is 11.6. The van der Waals surface area contributed by atoms with Gasteiger partial charge in [0.05, 0.1) is 31.6 Å². The average molecular weight is 285 g/mol. The van der Waals surface area contributed by atoms with Gasteiger partial charge in [-0.3, -0.25) is 0 Å². The Kier molecular flexibility index (Phi) is 7.17. The van der Waals surface area contributed by atoms with Gasteiger partial charge in [-0.15, -0.1) is 5.10 Å². The van der Waals surface area contributed by atoms with Crippen molar-refractivity contribution in [2.24, 2.45) is 0 Å². The maximum Gasteiger partial charge on any atom is 0.360 e. The summed E-state index contributed by atoms with van der Waals surface area (Å²) in [6.45, 7) is 6.94. The average Bonchev–Trinajstić information content (AvgIpc) is 2.77. The Balaban J connectivity index is 2.49. The number of nitrogens with zero attached hydrogens (tertiary/aromatic N) is 3. The van der Waals surface area contributed by atoms with Crippen molar-refractivity contribution < 1.29 is 19.4 Å². The third-order valence-electron chi connectivity index (χ3n) is 2.79. The number of hydrogen-bond donors (Lipinski definition) is 1.